The summed E-state index contributed by atoms with van der Waals surface area (Å²) in [6.45, 7) is 13.7. The van der Waals surface area contributed by atoms with Gasteiger partial charge in [-0.3, -0.25) is 0 Å². The zero-order chi connectivity index (χ0) is 15.9. The minimum atomic E-state index is 0.690. The van der Waals surface area contributed by atoms with Crippen molar-refractivity contribution >= 4 is 11.6 Å². The molecule has 0 amide bonds. The summed E-state index contributed by atoms with van der Waals surface area (Å²) in [5.41, 5.74) is 2.89. The van der Waals surface area contributed by atoms with Crippen LogP contribution >= 0.6 is 0 Å². The SMILES string of the molecule is C=CC(=C)c1nc(/C=C/C=C(\C=C)OC)n2c1CCOCC2. The Hall–Kier alpha value is -2.33. The molecule has 4 heteroatoms. The summed E-state index contributed by atoms with van der Waals surface area (Å²) >= 11 is 0. The molecule has 1 aromatic heterocycles. The van der Waals surface area contributed by atoms with Gasteiger partial charge in [0.1, 0.15) is 11.6 Å². The van der Waals surface area contributed by atoms with Crippen molar-refractivity contribution in [2.24, 2.45) is 0 Å². The first-order chi connectivity index (χ1) is 10.7. The van der Waals surface area contributed by atoms with Crippen LogP contribution in [0.4, 0.5) is 0 Å². The minimum Gasteiger partial charge on any atom is -0.497 e. The van der Waals surface area contributed by atoms with Crippen LogP contribution < -0.4 is 0 Å². The summed E-state index contributed by atoms with van der Waals surface area (Å²) in [4.78, 5) is 4.71. The number of rotatable bonds is 6. The Balaban J connectivity index is 2.39. The Morgan fingerprint density at radius 3 is 2.82 bits per heavy atom. The second-order valence-electron chi connectivity index (χ2n) is 4.85. The van der Waals surface area contributed by atoms with Crippen molar-refractivity contribution in [2.75, 3.05) is 20.3 Å². The molecular weight excluding hydrogens is 276 g/mol. The van der Waals surface area contributed by atoms with Gasteiger partial charge in [-0.05, 0) is 23.8 Å². The number of fused-ring (bicyclic) bond motifs is 1. The molecule has 1 aromatic rings. The van der Waals surface area contributed by atoms with Crippen LogP contribution in [0, 0.1) is 0 Å². The largest absolute Gasteiger partial charge is 0.497 e. The van der Waals surface area contributed by atoms with E-state index in [4.69, 9.17) is 14.5 Å². The highest BCUT2D eigenvalue weighted by Crippen LogP contribution is 2.23. The van der Waals surface area contributed by atoms with Gasteiger partial charge in [0.15, 0.2) is 0 Å². The number of aromatic nitrogens is 2. The molecule has 1 aliphatic heterocycles. The molecule has 0 saturated carbocycles. The topological polar surface area (TPSA) is 36.3 Å². The van der Waals surface area contributed by atoms with E-state index in [0.29, 0.717) is 19.0 Å². The number of imidazole rings is 1. The third-order valence-electron chi connectivity index (χ3n) is 3.54. The molecule has 0 spiro atoms. The maximum atomic E-state index is 5.56. The van der Waals surface area contributed by atoms with Gasteiger partial charge in [-0.1, -0.05) is 31.9 Å². The van der Waals surface area contributed by atoms with Gasteiger partial charge in [0.2, 0.25) is 0 Å². The molecule has 116 valence electrons. The summed E-state index contributed by atoms with van der Waals surface area (Å²) in [5, 5.41) is 0. The van der Waals surface area contributed by atoms with Gasteiger partial charge < -0.3 is 14.0 Å². The predicted molar refractivity (Wildman–Crippen MR) is 90.3 cm³/mol. The molecule has 0 aliphatic carbocycles. The summed E-state index contributed by atoms with van der Waals surface area (Å²) in [7, 11) is 1.62. The average Bonchev–Trinajstić information content (AvgIpc) is 2.73. The summed E-state index contributed by atoms with van der Waals surface area (Å²) in [6.07, 6.45) is 9.94. The van der Waals surface area contributed by atoms with E-state index in [-0.39, 0.29) is 0 Å². The summed E-state index contributed by atoms with van der Waals surface area (Å²) < 4.78 is 12.9. The smallest absolute Gasteiger partial charge is 0.133 e. The molecule has 2 rings (SSSR count). The molecule has 0 fully saturated rings. The van der Waals surface area contributed by atoms with Gasteiger partial charge in [-0.2, -0.15) is 0 Å². The van der Waals surface area contributed by atoms with Gasteiger partial charge >= 0.3 is 0 Å². The Morgan fingerprint density at radius 2 is 2.14 bits per heavy atom. The number of methoxy groups -OCH3 is 1. The number of ether oxygens (including phenoxy) is 2. The van der Waals surface area contributed by atoms with E-state index in [0.717, 1.165) is 35.8 Å². The van der Waals surface area contributed by atoms with Crippen molar-refractivity contribution in [3.05, 3.63) is 67.0 Å². The molecule has 22 heavy (non-hydrogen) atoms. The summed E-state index contributed by atoms with van der Waals surface area (Å²) in [5.74, 6) is 1.59. The maximum Gasteiger partial charge on any atom is 0.133 e. The molecule has 4 nitrogen and oxygen atoms in total. The summed E-state index contributed by atoms with van der Waals surface area (Å²) in [6, 6.07) is 0. The number of hydrogen-bond acceptors (Lipinski definition) is 3. The third-order valence-corrected chi connectivity index (χ3v) is 3.54. The van der Waals surface area contributed by atoms with Crippen molar-refractivity contribution in [3.63, 3.8) is 0 Å². The zero-order valence-electron chi connectivity index (χ0n) is 13.0. The van der Waals surface area contributed by atoms with E-state index in [9.17, 15) is 0 Å². The van der Waals surface area contributed by atoms with Crippen LogP contribution in [-0.2, 0) is 22.4 Å². The predicted octanol–water partition coefficient (Wildman–Crippen LogP) is 3.38. The number of nitrogens with zero attached hydrogens (tertiary/aromatic N) is 2. The minimum absolute atomic E-state index is 0.690. The van der Waals surface area contributed by atoms with Gasteiger partial charge in [0, 0.05) is 18.7 Å². The standard InChI is InChI=1S/C18H22N2O2/c1-5-14(3)18-16-10-12-22-13-11-20(16)17(19-18)9-7-8-15(6-2)21-4/h5-9H,1-3,10-13H2,4H3/b9-7+,15-8+. The second kappa shape index (κ2) is 7.61. The highest BCUT2D eigenvalue weighted by Gasteiger charge is 2.18. The molecule has 0 unspecified atom stereocenters. The van der Waals surface area contributed by atoms with Gasteiger partial charge in [-0.25, -0.2) is 4.98 Å². The van der Waals surface area contributed by atoms with Crippen molar-refractivity contribution in [1.82, 2.24) is 9.55 Å². The van der Waals surface area contributed by atoms with E-state index >= 15 is 0 Å². The van der Waals surface area contributed by atoms with Gasteiger partial charge in [0.05, 0.1) is 26.0 Å². The lowest BCUT2D eigenvalue weighted by Gasteiger charge is -2.05. The van der Waals surface area contributed by atoms with E-state index in [1.54, 1.807) is 19.3 Å². The fourth-order valence-electron chi connectivity index (χ4n) is 2.36. The van der Waals surface area contributed by atoms with Crippen LogP contribution in [0.5, 0.6) is 0 Å². The van der Waals surface area contributed by atoms with E-state index < -0.39 is 0 Å². The highest BCUT2D eigenvalue weighted by atomic mass is 16.5. The number of allylic oxidation sites excluding steroid dienone is 5. The Labute approximate surface area is 131 Å². The fourth-order valence-corrected chi connectivity index (χ4v) is 2.36. The van der Waals surface area contributed by atoms with E-state index in [1.807, 2.05) is 18.2 Å². The van der Waals surface area contributed by atoms with Crippen LogP contribution in [0.15, 0.2) is 49.8 Å². The third kappa shape index (κ3) is 3.46. The first kappa shape index (κ1) is 16.0. The Morgan fingerprint density at radius 1 is 1.32 bits per heavy atom. The van der Waals surface area contributed by atoms with Crippen LogP contribution in [0.1, 0.15) is 17.2 Å². The van der Waals surface area contributed by atoms with Crippen molar-refractivity contribution < 1.29 is 9.47 Å². The van der Waals surface area contributed by atoms with Gasteiger partial charge in [-0.15, -0.1) is 0 Å². The molecule has 1 aliphatic rings. The lowest BCUT2D eigenvalue weighted by atomic mass is 10.1. The van der Waals surface area contributed by atoms with Gasteiger partial charge in [0.25, 0.3) is 0 Å². The van der Waals surface area contributed by atoms with Crippen molar-refractivity contribution in [2.45, 2.75) is 13.0 Å². The average molecular weight is 298 g/mol. The molecule has 0 aromatic carbocycles. The quantitative estimate of drug-likeness (QED) is 0.596. The van der Waals surface area contributed by atoms with E-state index in [2.05, 4.69) is 24.3 Å². The maximum absolute atomic E-state index is 5.56. The normalized spacial score (nSPS) is 15.2. The van der Waals surface area contributed by atoms with Crippen molar-refractivity contribution in [3.8, 4) is 0 Å². The highest BCUT2D eigenvalue weighted by molar-refractivity contribution is 5.71. The van der Waals surface area contributed by atoms with E-state index in [1.165, 1.54) is 0 Å². The molecule has 2 heterocycles. The molecule has 0 atom stereocenters. The Bertz CT molecular complexity index is 636. The first-order valence-corrected chi connectivity index (χ1v) is 7.25. The lowest BCUT2D eigenvalue weighted by Crippen LogP contribution is -2.05. The van der Waals surface area contributed by atoms with Crippen LogP contribution in [0.2, 0.25) is 0 Å². The van der Waals surface area contributed by atoms with Crippen LogP contribution in [-0.4, -0.2) is 29.9 Å². The zero-order valence-corrected chi connectivity index (χ0v) is 13.0. The molecular formula is C18H22N2O2. The Kier molecular flexibility index (Phi) is 5.55. The first-order valence-electron chi connectivity index (χ1n) is 7.25. The molecule has 0 bridgehead atoms. The lowest BCUT2D eigenvalue weighted by molar-refractivity contribution is 0.140. The van der Waals surface area contributed by atoms with Crippen molar-refractivity contribution in [1.29, 1.82) is 0 Å². The second-order valence-corrected chi connectivity index (χ2v) is 4.85. The fraction of sp³-hybridized carbons (Fsp3) is 0.278. The molecule has 0 saturated heterocycles. The monoisotopic (exact) mass is 298 g/mol. The van der Waals surface area contributed by atoms with Crippen LogP contribution in [0.3, 0.4) is 0 Å². The molecule has 0 radical (unpaired) electrons. The van der Waals surface area contributed by atoms with Crippen LogP contribution in [0.25, 0.3) is 11.6 Å². The molecule has 0 N–H and O–H groups in total. The number of hydrogen-bond donors (Lipinski definition) is 0.